The van der Waals surface area contributed by atoms with Crippen LogP contribution in [0.3, 0.4) is 0 Å². The quantitative estimate of drug-likeness (QED) is 0.697. The molecule has 0 aliphatic rings. The van der Waals surface area contributed by atoms with Crippen LogP contribution in [0.25, 0.3) is 0 Å². The zero-order valence-electron chi connectivity index (χ0n) is 7.52. The maximum atomic E-state index is 9.16. The first-order valence-electron chi connectivity index (χ1n) is 3.76. The van der Waals surface area contributed by atoms with Gasteiger partial charge in [0.05, 0.1) is 0 Å². The van der Waals surface area contributed by atoms with Gasteiger partial charge in [0.25, 0.3) is 0 Å². The topological polar surface area (TPSA) is 58.9 Å². The molecule has 0 heterocycles. The van der Waals surface area contributed by atoms with Crippen molar-refractivity contribution >= 4 is 0 Å². The fraction of sp³-hybridized carbons (Fsp3) is 0.333. The Morgan fingerprint density at radius 3 is 1.85 bits per heavy atom. The highest BCUT2D eigenvalue weighted by Gasteiger charge is 2.10. The lowest BCUT2D eigenvalue weighted by Gasteiger charge is -2.13. The number of phenolic OH excluding ortho intramolecular Hbond substituents is 2. The molecule has 2 N–H and O–H groups in total. The highest BCUT2D eigenvalue weighted by molar-refractivity contribution is 5.37. The van der Waals surface area contributed by atoms with Gasteiger partial charge in [0, 0.05) is 25.8 Å². The first kappa shape index (κ1) is 9.83. The molecule has 0 amide bonds. The summed E-state index contributed by atoms with van der Waals surface area (Å²) < 4.78 is 9.90. The molecule has 4 nitrogen and oxygen atoms in total. The molecule has 0 aliphatic heterocycles. The molecule has 0 saturated carbocycles. The zero-order chi connectivity index (χ0) is 9.84. The summed E-state index contributed by atoms with van der Waals surface area (Å²) in [6.45, 7) is 0. The molecule has 0 saturated heterocycles. The molecule has 0 atom stereocenters. The number of hydrogen-bond acceptors (Lipinski definition) is 4. The van der Waals surface area contributed by atoms with Crippen LogP contribution in [0.4, 0.5) is 0 Å². The van der Waals surface area contributed by atoms with E-state index in [1.165, 1.54) is 32.4 Å². The summed E-state index contributed by atoms with van der Waals surface area (Å²) >= 11 is 0. The molecule has 1 aromatic rings. The van der Waals surface area contributed by atoms with Gasteiger partial charge in [-0.15, -0.1) is 0 Å². The lowest BCUT2D eigenvalue weighted by Crippen LogP contribution is -2.02. The lowest BCUT2D eigenvalue weighted by molar-refractivity contribution is -0.106. The van der Waals surface area contributed by atoms with Gasteiger partial charge in [-0.1, -0.05) is 0 Å². The first-order chi connectivity index (χ1) is 6.17. The Morgan fingerprint density at radius 2 is 1.46 bits per heavy atom. The van der Waals surface area contributed by atoms with Crippen LogP contribution in [0.1, 0.15) is 11.9 Å². The smallest absolute Gasteiger partial charge is 0.183 e. The Labute approximate surface area is 76.3 Å². The van der Waals surface area contributed by atoms with Crippen LogP contribution in [0, 0.1) is 0 Å². The van der Waals surface area contributed by atoms with E-state index in [0.717, 1.165) is 0 Å². The summed E-state index contributed by atoms with van der Waals surface area (Å²) in [4.78, 5) is 0. The summed E-state index contributed by atoms with van der Waals surface area (Å²) in [7, 11) is 2.96. The van der Waals surface area contributed by atoms with E-state index in [4.69, 9.17) is 19.7 Å². The minimum Gasteiger partial charge on any atom is -0.508 e. The van der Waals surface area contributed by atoms with Gasteiger partial charge in [0.1, 0.15) is 11.5 Å². The Balaban J connectivity index is 2.99. The highest BCUT2D eigenvalue weighted by atomic mass is 16.7. The number of hydrogen-bond donors (Lipinski definition) is 2. The van der Waals surface area contributed by atoms with Crippen molar-refractivity contribution in [3.63, 3.8) is 0 Å². The molecule has 1 aromatic carbocycles. The maximum Gasteiger partial charge on any atom is 0.183 e. The van der Waals surface area contributed by atoms with Gasteiger partial charge >= 0.3 is 0 Å². The van der Waals surface area contributed by atoms with Crippen molar-refractivity contribution in [2.75, 3.05) is 14.2 Å². The second kappa shape index (κ2) is 4.11. The molecule has 0 aromatic heterocycles. The van der Waals surface area contributed by atoms with Gasteiger partial charge in [-0.3, -0.25) is 0 Å². The third kappa shape index (κ3) is 2.34. The minimum absolute atomic E-state index is 0.0194. The van der Waals surface area contributed by atoms with Crippen molar-refractivity contribution < 1.29 is 19.7 Å². The summed E-state index contributed by atoms with van der Waals surface area (Å²) in [5.74, 6) is -0.0387. The van der Waals surface area contributed by atoms with Crippen molar-refractivity contribution in [3.8, 4) is 11.5 Å². The van der Waals surface area contributed by atoms with Crippen molar-refractivity contribution in [1.82, 2.24) is 0 Å². The number of phenols is 2. The summed E-state index contributed by atoms with van der Waals surface area (Å²) in [5.41, 5.74) is 0.572. The van der Waals surface area contributed by atoms with E-state index >= 15 is 0 Å². The average molecular weight is 184 g/mol. The average Bonchev–Trinajstić information content (AvgIpc) is 2.04. The molecule has 13 heavy (non-hydrogen) atoms. The molecule has 0 unspecified atom stereocenters. The molecule has 1 rings (SSSR count). The van der Waals surface area contributed by atoms with E-state index in [2.05, 4.69) is 0 Å². The zero-order valence-corrected chi connectivity index (χ0v) is 7.52. The van der Waals surface area contributed by atoms with Crippen LogP contribution in [0.15, 0.2) is 18.2 Å². The fourth-order valence-corrected chi connectivity index (χ4v) is 1.12. The van der Waals surface area contributed by atoms with E-state index in [9.17, 15) is 0 Å². The van der Waals surface area contributed by atoms with Crippen LogP contribution in [-0.4, -0.2) is 24.4 Å². The van der Waals surface area contributed by atoms with Crippen molar-refractivity contribution in [2.24, 2.45) is 0 Å². The van der Waals surface area contributed by atoms with Crippen LogP contribution in [-0.2, 0) is 9.47 Å². The van der Waals surface area contributed by atoms with Gasteiger partial charge in [-0.25, -0.2) is 0 Å². The maximum absolute atomic E-state index is 9.16. The Hall–Kier alpha value is -1.26. The third-order valence-electron chi connectivity index (χ3n) is 1.63. The molecule has 0 spiro atoms. The van der Waals surface area contributed by atoms with Crippen LogP contribution >= 0.6 is 0 Å². The second-order valence-electron chi connectivity index (χ2n) is 2.59. The normalized spacial score (nSPS) is 10.7. The summed E-state index contributed by atoms with van der Waals surface area (Å²) in [6.07, 6.45) is -0.571. The standard InChI is InChI=1S/C9H12O4/c1-12-9(13-2)6-3-7(10)5-8(11)4-6/h3-5,9-11H,1-2H3. The minimum atomic E-state index is -0.571. The summed E-state index contributed by atoms with van der Waals surface area (Å²) in [6, 6.07) is 4.18. The molecule has 0 aliphatic carbocycles. The van der Waals surface area contributed by atoms with Crippen LogP contribution in [0.2, 0.25) is 0 Å². The first-order valence-corrected chi connectivity index (χ1v) is 3.76. The van der Waals surface area contributed by atoms with Crippen molar-refractivity contribution in [3.05, 3.63) is 23.8 Å². The Morgan fingerprint density at radius 1 is 1.00 bits per heavy atom. The number of ether oxygens (including phenoxy) is 2. The van der Waals surface area contributed by atoms with Crippen LogP contribution in [0.5, 0.6) is 11.5 Å². The lowest BCUT2D eigenvalue weighted by atomic mass is 10.2. The fourth-order valence-electron chi connectivity index (χ4n) is 1.12. The molecule has 72 valence electrons. The highest BCUT2D eigenvalue weighted by Crippen LogP contribution is 2.26. The number of aromatic hydroxyl groups is 2. The molecule has 0 bridgehead atoms. The predicted octanol–water partition coefficient (Wildman–Crippen LogP) is 1.39. The van der Waals surface area contributed by atoms with E-state index in [1.807, 2.05) is 0 Å². The molecule has 4 heteroatoms. The van der Waals surface area contributed by atoms with E-state index in [1.54, 1.807) is 0 Å². The van der Waals surface area contributed by atoms with Gasteiger partial charge in [0.2, 0.25) is 0 Å². The molecule has 0 radical (unpaired) electrons. The third-order valence-corrected chi connectivity index (χ3v) is 1.63. The van der Waals surface area contributed by atoms with Gasteiger partial charge in [-0.2, -0.15) is 0 Å². The van der Waals surface area contributed by atoms with E-state index in [-0.39, 0.29) is 11.5 Å². The largest absolute Gasteiger partial charge is 0.508 e. The molecule has 0 fully saturated rings. The van der Waals surface area contributed by atoms with Gasteiger partial charge in [-0.05, 0) is 12.1 Å². The Kier molecular flexibility index (Phi) is 3.11. The Bertz CT molecular complexity index is 261. The van der Waals surface area contributed by atoms with E-state index < -0.39 is 6.29 Å². The van der Waals surface area contributed by atoms with Gasteiger partial charge in [0.15, 0.2) is 6.29 Å². The predicted molar refractivity (Wildman–Crippen MR) is 46.5 cm³/mol. The molecular formula is C9H12O4. The number of methoxy groups -OCH3 is 2. The molecular weight excluding hydrogens is 172 g/mol. The second-order valence-corrected chi connectivity index (χ2v) is 2.59. The van der Waals surface area contributed by atoms with Crippen LogP contribution < -0.4 is 0 Å². The van der Waals surface area contributed by atoms with Crippen molar-refractivity contribution in [2.45, 2.75) is 6.29 Å². The number of benzene rings is 1. The summed E-state index contributed by atoms with van der Waals surface area (Å²) in [5, 5.41) is 18.3. The SMILES string of the molecule is COC(OC)c1cc(O)cc(O)c1. The van der Waals surface area contributed by atoms with Gasteiger partial charge < -0.3 is 19.7 Å². The monoisotopic (exact) mass is 184 g/mol. The van der Waals surface area contributed by atoms with Crippen molar-refractivity contribution in [1.29, 1.82) is 0 Å². The van der Waals surface area contributed by atoms with E-state index in [0.29, 0.717) is 5.56 Å². The number of rotatable bonds is 3.